The Morgan fingerprint density at radius 3 is 2.22 bits per heavy atom. The minimum atomic E-state index is -0.641. The molecule has 0 radical (unpaired) electrons. The molecule has 0 aliphatic heterocycles. The van der Waals surface area contributed by atoms with Crippen molar-refractivity contribution in [2.75, 3.05) is 14.2 Å². The van der Waals surface area contributed by atoms with Gasteiger partial charge in [0.25, 0.3) is 11.8 Å². The van der Waals surface area contributed by atoms with Crippen LogP contribution in [0, 0.1) is 0 Å². The number of hydroxylamine groups is 1. The van der Waals surface area contributed by atoms with Crippen molar-refractivity contribution in [2.24, 2.45) is 5.10 Å². The lowest BCUT2D eigenvalue weighted by Gasteiger charge is -2.09. The normalized spacial score (nSPS) is 10.8. The number of amides is 2. The highest BCUT2D eigenvalue weighted by Gasteiger charge is 2.08. The van der Waals surface area contributed by atoms with Crippen molar-refractivity contribution in [1.29, 1.82) is 0 Å². The number of hydrogen-bond acceptors (Lipinski definition) is 6. The van der Waals surface area contributed by atoms with Crippen LogP contribution in [0.2, 0.25) is 0 Å². The summed E-state index contributed by atoms with van der Waals surface area (Å²) < 4.78 is 10.5. The van der Waals surface area contributed by atoms with Gasteiger partial charge in [-0.15, -0.1) is 0 Å². The molecule has 3 N–H and O–H groups in total. The molecule has 0 unspecified atom stereocenters. The standard InChI is InChI=1S/C19H19N3O5/c1-26-16-4-3-5-17(27-2)15(16)12-20-21-19(24)14-9-6-13(7-10-14)8-11-18(23)22-25/h3-12,25H,1-2H3,(H,21,24)(H,22,23)/b11-8+,20-12+. The van der Waals surface area contributed by atoms with Crippen molar-refractivity contribution >= 4 is 24.1 Å². The molecule has 2 amide bonds. The van der Waals surface area contributed by atoms with Crippen molar-refractivity contribution in [2.45, 2.75) is 0 Å². The molecular weight excluding hydrogens is 350 g/mol. The number of rotatable bonds is 7. The van der Waals surface area contributed by atoms with Gasteiger partial charge in [0.2, 0.25) is 0 Å². The lowest BCUT2D eigenvalue weighted by atomic mass is 10.1. The van der Waals surface area contributed by atoms with Crippen molar-refractivity contribution in [3.63, 3.8) is 0 Å². The lowest BCUT2D eigenvalue weighted by Crippen LogP contribution is -2.17. The first-order chi connectivity index (χ1) is 13.1. The topological polar surface area (TPSA) is 109 Å². The van der Waals surface area contributed by atoms with Gasteiger partial charge in [0.1, 0.15) is 11.5 Å². The molecule has 140 valence electrons. The van der Waals surface area contributed by atoms with E-state index >= 15 is 0 Å². The van der Waals surface area contributed by atoms with Gasteiger partial charge < -0.3 is 9.47 Å². The van der Waals surface area contributed by atoms with Crippen LogP contribution in [0.15, 0.2) is 53.6 Å². The molecule has 0 heterocycles. The Bertz CT molecular complexity index is 838. The zero-order chi connectivity index (χ0) is 19.6. The quantitative estimate of drug-likeness (QED) is 0.299. The van der Waals surface area contributed by atoms with E-state index in [-0.39, 0.29) is 0 Å². The van der Waals surface area contributed by atoms with Gasteiger partial charge in [-0.25, -0.2) is 10.9 Å². The summed E-state index contributed by atoms with van der Waals surface area (Å²) in [6.07, 6.45) is 4.11. The van der Waals surface area contributed by atoms with Crippen molar-refractivity contribution in [3.8, 4) is 11.5 Å². The summed E-state index contributed by atoms with van der Waals surface area (Å²) in [7, 11) is 3.07. The number of nitrogens with zero attached hydrogens (tertiary/aromatic N) is 1. The van der Waals surface area contributed by atoms with E-state index in [0.717, 1.165) is 0 Å². The largest absolute Gasteiger partial charge is 0.496 e. The van der Waals surface area contributed by atoms with Gasteiger partial charge in [0.15, 0.2) is 0 Å². The van der Waals surface area contributed by atoms with Gasteiger partial charge in [-0.05, 0) is 35.9 Å². The van der Waals surface area contributed by atoms with E-state index in [2.05, 4.69) is 10.5 Å². The van der Waals surface area contributed by atoms with Crippen molar-refractivity contribution < 1.29 is 24.3 Å². The Labute approximate surface area is 156 Å². The molecule has 0 saturated carbocycles. The van der Waals surface area contributed by atoms with Gasteiger partial charge in [-0.1, -0.05) is 18.2 Å². The molecule has 0 fully saturated rings. The van der Waals surface area contributed by atoms with Crippen LogP contribution < -0.4 is 20.4 Å². The maximum Gasteiger partial charge on any atom is 0.271 e. The summed E-state index contributed by atoms with van der Waals surface area (Å²) in [5.74, 6) is 0.0903. The molecule has 2 aromatic carbocycles. The third-order valence-corrected chi connectivity index (χ3v) is 3.54. The minimum Gasteiger partial charge on any atom is -0.496 e. The molecule has 27 heavy (non-hydrogen) atoms. The van der Waals surface area contributed by atoms with E-state index in [1.165, 1.54) is 38.1 Å². The summed E-state index contributed by atoms with van der Waals surface area (Å²) in [5.41, 5.74) is 5.61. The molecule has 2 rings (SSSR count). The maximum absolute atomic E-state index is 12.2. The summed E-state index contributed by atoms with van der Waals surface area (Å²) in [4.78, 5) is 23.1. The Morgan fingerprint density at radius 2 is 1.67 bits per heavy atom. The van der Waals surface area contributed by atoms with Crippen LogP contribution in [-0.2, 0) is 4.79 Å². The van der Waals surface area contributed by atoms with Crippen molar-refractivity contribution in [3.05, 3.63) is 65.2 Å². The van der Waals surface area contributed by atoms with Gasteiger partial charge in [0, 0.05) is 11.6 Å². The van der Waals surface area contributed by atoms with E-state index in [0.29, 0.717) is 28.2 Å². The van der Waals surface area contributed by atoms with Crippen LogP contribution in [0.1, 0.15) is 21.5 Å². The van der Waals surface area contributed by atoms with Crippen LogP contribution in [0.25, 0.3) is 6.08 Å². The van der Waals surface area contributed by atoms with E-state index in [9.17, 15) is 9.59 Å². The summed E-state index contributed by atoms with van der Waals surface area (Å²) in [6.45, 7) is 0. The highest BCUT2D eigenvalue weighted by molar-refractivity contribution is 5.96. The van der Waals surface area contributed by atoms with Crippen LogP contribution >= 0.6 is 0 Å². The predicted octanol–water partition coefficient (Wildman–Crippen LogP) is 1.99. The Morgan fingerprint density at radius 1 is 1.04 bits per heavy atom. The van der Waals surface area contributed by atoms with Gasteiger partial charge >= 0.3 is 0 Å². The first-order valence-electron chi connectivity index (χ1n) is 7.85. The van der Waals surface area contributed by atoms with Crippen LogP contribution in [0.4, 0.5) is 0 Å². The van der Waals surface area contributed by atoms with E-state index in [1.54, 1.807) is 42.5 Å². The lowest BCUT2D eigenvalue weighted by molar-refractivity contribution is -0.124. The molecule has 0 bridgehead atoms. The van der Waals surface area contributed by atoms with Gasteiger partial charge in [-0.2, -0.15) is 5.10 Å². The average molecular weight is 369 g/mol. The molecular formula is C19H19N3O5. The summed E-state index contributed by atoms with van der Waals surface area (Å²) in [5, 5.41) is 12.4. The third kappa shape index (κ3) is 5.41. The van der Waals surface area contributed by atoms with E-state index in [1.807, 2.05) is 0 Å². The Balaban J connectivity index is 2.05. The fourth-order valence-corrected chi connectivity index (χ4v) is 2.18. The smallest absolute Gasteiger partial charge is 0.271 e. The second kappa shape index (κ2) is 9.73. The van der Waals surface area contributed by atoms with Crippen LogP contribution in [0.5, 0.6) is 11.5 Å². The first kappa shape index (κ1) is 19.7. The van der Waals surface area contributed by atoms with Gasteiger partial charge in [-0.3, -0.25) is 14.8 Å². The molecule has 0 aliphatic carbocycles. The second-order valence-electron chi connectivity index (χ2n) is 5.21. The molecule has 0 saturated heterocycles. The SMILES string of the molecule is COc1cccc(OC)c1/C=N/NC(=O)c1ccc(/C=C/C(=O)NO)cc1. The zero-order valence-corrected chi connectivity index (χ0v) is 14.8. The Kier molecular flexibility index (Phi) is 7.09. The fraction of sp³-hybridized carbons (Fsp3) is 0.105. The molecule has 0 aromatic heterocycles. The first-order valence-corrected chi connectivity index (χ1v) is 7.85. The summed E-state index contributed by atoms with van der Waals surface area (Å²) >= 11 is 0. The third-order valence-electron chi connectivity index (χ3n) is 3.54. The minimum absolute atomic E-state index is 0.392. The molecule has 2 aromatic rings. The number of methoxy groups -OCH3 is 2. The predicted molar refractivity (Wildman–Crippen MR) is 100 cm³/mol. The number of ether oxygens (including phenoxy) is 2. The molecule has 8 heteroatoms. The monoisotopic (exact) mass is 369 g/mol. The van der Waals surface area contributed by atoms with Gasteiger partial charge in [0.05, 0.1) is 26.0 Å². The fourth-order valence-electron chi connectivity index (χ4n) is 2.18. The molecule has 0 aliphatic rings. The molecule has 0 atom stereocenters. The van der Waals surface area contributed by atoms with Crippen LogP contribution in [-0.4, -0.2) is 37.5 Å². The zero-order valence-electron chi connectivity index (χ0n) is 14.8. The number of hydrazone groups is 1. The summed E-state index contributed by atoms with van der Waals surface area (Å²) in [6, 6.07) is 11.8. The number of carbonyl (C=O) groups is 2. The Hall–Kier alpha value is -3.65. The molecule has 8 nitrogen and oxygen atoms in total. The van der Waals surface area contributed by atoms with E-state index in [4.69, 9.17) is 14.7 Å². The van der Waals surface area contributed by atoms with Crippen LogP contribution in [0.3, 0.4) is 0 Å². The number of nitrogens with one attached hydrogen (secondary N) is 2. The van der Waals surface area contributed by atoms with Crippen molar-refractivity contribution in [1.82, 2.24) is 10.9 Å². The highest BCUT2D eigenvalue weighted by atomic mass is 16.5. The average Bonchev–Trinajstić information content (AvgIpc) is 2.72. The second-order valence-corrected chi connectivity index (χ2v) is 5.21. The molecule has 0 spiro atoms. The number of carbonyl (C=O) groups excluding carboxylic acids is 2. The highest BCUT2D eigenvalue weighted by Crippen LogP contribution is 2.26. The van der Waals surface area contributed by atoms with E-state index < -0.39 is 11.8 Å². The maximum atomic E-state index is 12.2. The number of benzene rings is 2. The number of hydrogen-bond donors (Lipinski definition) is 3.